The van der Waals surface area contributed by atoms with Gasteiger partial charge in [-0.1, -0.05) is 6.07 Å². The quantitative estimate of drug-likeness (QED) is 0.629. The molecule has 0 N–H and O–H groups in total. The van der Waals surface area contributed by atoms with E-state index >= 15 is 0 Å². The van der Waals surface area contributed by atoms with Crippen molar-refractivity contribution in [1.29, 1.82) is 0 Å². The van der Waals surface area contributed by atoms with E-state index < -0.39 is 0 Å². The first-order chi connectivity index (χ1) is 10.2. The monoisotopic (exact) mass is 389 g/mol. The predicted octanol–water partition coefficient (Wildman–Crippen LogP) is 4.24. The number of ether oxygens (including phenoxy) is 1. The third kappa shape index (κ3) is 3.55. The number of nitrogens with zero attached hydrogens (tertiary/aromatic N) is 3. The standard InChI is InChI=1S/C16H12IN3O/c1-11-9-15(21-14-4-2-3-13(17)10-14)20-16(19-11)12-5-7-18-8-6-12/h2-10H,1H3. The second kappa shape index (κ2) is 6.17. The minimum absolute atomic E-state index is 0.538. The second-order valence-corrected chi connectivity index (χ2v) is 5.71. The normalized spacial score (nSPS) is 10.4. The van der Waals surface area contributed by atoms with Gasteiger partial charge in [-0.2, -0.15) is 4.98 Å². The molecule has 2 heterocycles. The van der Waals surface area contributed by atoms with Crippen LogP contribution in [0, 0.1) is 10.5 Å². The van der Waals surface area contributed by atoms with Crippen LogP contribution in [0.15, 0.2) is 54.9 Å². The maximum Gasteiger partial charge on any atom is 0.223 e. The van der Waals surface area contributed by atoms with Crippen molar-refractivity contribution in [2.45, 2.75) is 6.92 Å². The molecule has 0 amide bonds. The fraction of sp³-hybridized carbons (Fsp3) is 0.0625. The van der Waals surface area contributed by atoms with Gasteiger partial charge >= 0.3 is 0 Å². The number of pyridine rings is 1. The maximum atomic E-state index is 5.83. The van der Waals surface area contributed by atoms with E-state index in [1.807, 2.05) is 49.4 Å². The van der Waals surface area contributed by atoms with Crippen LogP contribution in [0.3, 0.4) is 0 Å². The van der Waals surface area contributed by atoms with E-state index in [2.05, 4.69) is 37.5 Å². The summed E-state index contributed by atoms with van der Waals surface area (Å²) in [5, 5.41) is 0. The minimum atomic E-state index is 0.538. The van der Waals surface area contributed by atoms with Crippen molar-refractivity contribution in [1.82, 2.24) is 15.0 Å². The Balaban J connectivity index is 1.95. The Morgan fingerprint density at radius 2 is 1.81 bits per heavy atom. The molecule has 3 rings (SSSR count). The number of hydrogen-bond acceptors (Lipinski definition) is 4. The third-order valence-electron chi connectivity index (χ3n) is 2.79. The van der Waals surface area contributed by atoms with Crippen molar-refractivity contribution in [3.8, 4) is 23.0 Å². The smallest absolute Gasteiger partial charge is 0.223 e. The molecule has 0 atom stereocenters. The molecule has 104 valence electrons. The Hall–Kier alpha value is -2.02. The van der Waals surface area contributed by atoms with Crippen molar-refractivity contribution < 1.29 is 4.74 Å². The molecular weight excluding hydrogens is 377 g/mol. The molecule has 5 heteroatoms. The number of hydrogen-bond donors (Lipinski definition) is 0. The highest BCUT2D eigenvalue weighted by atomic mass is 127. The SMILES string of the molecule is Cc1cc(Oc2cccc(I)c2)nc(-c2ccncc2)n1. The highest BCUT2D eigenvalue weighted by Gasteiger charge is 2.07. The van der Waals surface area contributed by atoms with Crippen LogP contribution in [0.2, 0.25) is 0 Å². The topological polar surface area (TPSA) is 47.9 Å². The zero-order valence-corrected chi connectivity index (χ0v) is 13.5. The van der Waals surface area contributed by atoms with Gasteiger partial charge in [0.1, 0.15) is 5.75 Å². The molecule has 0 fully saturated rings. The Kier molecular flexibility index (Phi) is 4.10. The largest absolute Gasteiger partial charge is 0.439 e. The molecule has 4 nitrogen and oxygen atoms in total. The Morgan fingerprint density at radius 1 is 1.00 bits per heavy atom. The first-order valence-corrected chi connectivity index (χ1v) is 7.48. The summed E-state index contributed by atoms with van der Waals surface area (Å²) in [6.07, 6.45) is 3.45. The molecule has 0 bridgehead atoms. The van der Waals surface area contributed by atoms with Crippen molar-refractivity contribution in [3.63, 3.8) is 0 Å². The van der Waals surface area contributed by atoms with Crippen LogP contribution >= 0.6 is 22.6 Å². The average Bonchev–Trinajstić information content (AvgIpc) is 2.47. The van der Waals surface area contributed by atoms with Crippen LogP contribution in [0.5, 0.6) is 11.6 Å². The van der Waals surface area contributed by atoms with Crippen LogP contribution in [0.1, 0.15) is 5.69 Å². The lowest BCUT2D eigenvalue weighted by Crippen LogP contribution is -1.96. The minimum Gasteiger partial charge on any atom is -0.439 e. The Morgan fingerprint density at radius 3 is 2.57 bits per heavy atom. The number of benzene rings is 1. The molecule has 0 radical (unpaired) electrons. The van der Waals surface area contributed by atoms with Gasteiger partial charge in [0.05, 0.1) is 0 Å². The van der Waals surface area contributed by atoms with Gasteiger partial charge < -0.3 is 4.74 Å². The fourth-order valence-electron chi connectivity index (χ4n) is 1.87. The summed E-state index contributed by atoms with van der Waals surface area (Å²) in [5.41, 5.74) is 1.78. The molecule has 0 aliphatic carbocycles. The summed E-state index contributed by atoms with van der Waals surface area (Å²) in [7, 11) is 0. The molecule has 2 aromatic heterocycles. The number of halogens is 1. The molecule has 0 aliphatic heterocycles. The fourth-order valence-corrected chi connectivity index (χ4v) is 2.39. The maximum absolute atomic E-state index is 5.83. The Bertz CT molecular complexity index is 762. The van der Waals surface area contributed by atoms with E-state index in [0.29, 0.717) is 11.7 Å². The van der Waals surface area contributed by atoms with Gasteiger partial charge in [-0.15, -0.1) is 0 Å². The van der Waals surface area contributed by atoms with Crippen molar-refractivity contribution in [3.05, 3.63) is 64.1 Å². The van der Waals surface area contributed by atoms with Crippen molar-refractivity contribution in [2.75, 3.05) is 0 Å². The molecule has 0 aliphatic rings. The van der Waals surface area contributed by atoms with Gasteiger partial charge in [0, 0.05) is 33.3 Å². The van der Waals surface area contributed by atoms with Crippen molar-refractivity contribution in [2.24, 2.45) is 0 Å². The van der Waals surface area contributed by atoms with Crippen LogP contribution in [0.4, 0.5) is 0 Å². The molecule has 0 saturated carbocycles. The second-order valence-electron chi connectivity index (χ2n) is 4.47. The summed E-state index contributed by atoms with van der Waals surface area (Å²) < 4.78 is 6.95. The van der Waals surface area contributed by atoms with Crippen molar-refractivity contribution >= 4 is 22.6 Å². The molecule has 1 aromatic carbocycles. The average molecular weight is 389 g/mol. The van der Waals surface area contributed by atoms with Gasteiger partial charge in [0.2, 0.25) is 5.88 Å². The van der Waals surface area contributed by atoms with Crippen LogP contribution in [0.25, 0.3) is 11.4 Å². The number of aryl methyl sites for hydroxylation is 1. The lowest BCUT2D eigenvalue weighted by Gasteiger charge is -2.08. The zero-order valence-electron chi connectivity index (χ0n) is 11.3. The number of rotatable bonds is 3. The summed E-state index contributed by atoms with van der Waals surface area (Å²) >= 11 is 2.25. The predicted molar refractivity (Wildman–Crippen MR) is 89.2 cm³/mol. The summed E-state index contributed by atoms with van der Waals surface area (Å²) in [6, 6.07) is 13.4. The van der Waals surface area contributed by atoms with Crippen LogP contribution < -0.4 is 4.74 Å². The van der Waals surface area contributed by atoms with E-state index in [4.69, 9.17) is 4.74 Å². The summed E-state index contributed by atoms with van der Waals surface area (Å²) in [6.45, 7) is 1.92. The van der Waals surface area contributed by atoms with E-state index in [0.717, 1.165) is 20.6 Å². The zero-order chi connectivity index (χ0) is 14.7. The molecule has 0 saturated heterocycles. The van der Waals surface area contributed by atoms with E-state index in [1.165, 1.54) is 0 Å². The van der Waals surface area contributed by atoms with Gasteiger partial charge in [0.25, 0.3) is 0 Å². The Labute approximate surface area is 136 Å². The lowest BCUT2D eigenvalue weighted by atomic mass is 10.2. The van der Waals surface area contributed by atoms with Gasteiger partial charge in [-0.25, -0.2) is 4.98 Å². The van der Waals surface area contributed by atoms with Crippen LogP contribution in [-0.2, 0) is 0 Å². The van der Waals surface area contributed by atoms with E-state index in [-0.39, 0.29) is 0 Å². The van der Waals surface area contributed by atoms with E-state index in [9.17, 15) is 0 Å². The van der Waals surface area contributed by atoms with Crippen LogP contribution in [-0.4, -0.2) is 15.0 Å². The first-order valence-electron chi connectivity index (χ1n) is 6.40. The van der Waals surface area contributed by atoms with E-state index in [1.54, 1.807) is 12.4 Å². The molecular formula is C16H12IN3O. The third-order valence-corrected chi connectivity index (χ3v) is 3.46. The van der Waals surface area contributed by atoms with Gasteiger partial charge in [-0.3, -0.25) is 4.98 Å². The molecule has 3 aromatic rings. The van der Waals surface area contributed by atoms with Gasteiger partial charge in [-0.05, 0) is 59.8 Å². The highest BCUT2D eigenvalue weighted by molar-refractivity contribution is 14.1. The molecule has 21 heavy (non-hydrogen) atoms. The first kappa shape index (κ1) is 13.9. The lowest BCUT2D eigenvalue weighted by molar-refractivity contribution is 0.461. The molecule has 0 unspecified atom stereocenters. The number of aromatic nitrogens is 3. The van der Waals surface area contributed by atoms with Gasteiger partial charge in [0.15, 0.2) is 5.82 Å². The summed E-state index contributed by atoms with van der Waals surface area (Å²) in [4.78, 5) is 12.9. The molecule has 0 spiro atoms. The summed E-state index contributed by atoms with van der Waals surface area (Å²) in [5.74, 6) is 1.94. The highest BCUT2D eigenvalue weighted by Crippen LogP contribution is 2.24.